The number of piperazine rings is 1. The molecule has 0 spiro atoms. The van der Waals surface area contributed by atoms with Gasteiger partial charge in [0.2, 0.25) is 0 Å². The van der Waals surface area contributed by atoms with Crippen LogP contribution in [0.5, 0.6) is 5.75 Å². The quantitative estimate of drug-likeness (QED) is 0.887. The molecule has 0 aliphatic carbocycles. The van der Waals surface area contributed by atoms with Crippen LogP contribution >= 0.6 is 0 Å². The van der Waals surface area contributed by atoms with Gasteiger partial charge in [-0.15, -0.1) is 0 Å². The average Bonchev–Trinajstić information content (AvgIpc) is 2.61. The molecule has 1 aliphatic rings. The van der Waals surface area contributed by atoms with Gasteiger partial charge < -0.3 is 20.1 Å². The van der Waals surface area contributed by atoms with Crippen LogP contribution in [-0.4, -0.2) is 37.5 Å². The van der Waals surface area contributed by atoms with Crippen molar-refractivity contribution < 1.29 is 9.84 Å². The highest BCUT2D eigenvalue weighted by Gasteiger charge is 2.27. The summed E-state index contributed by atoms with van der Waals surface area (Å²) in [6, 6.07) is 17.7. The third-order valence-electron chi connectivity index (χ3n) is 4.50. The Morgan fingerprint density at radius 2 is 1.83 bits per heavy atom. The van der Waals surface area contributed by atoms with Crippen molar-refractivity contribution in [3.8, 4) is 5.75 Å². The zero-order valence-electron chi connectivity index (χ0n) is 14.4. The molecule has 3 rings (SSSR count). The zero-order valence-corrected chi connectivity index (χ0v) is 14.4. The van der Waals surface area contributed by atoms with Crippen LogP contribution in [0.15, 0.2) is 48.5 Å². The molecule has 2 aromatic carbocycles. The van der Waals surface area contributed by atoms with Gasteiger partial charge in [0.15, 0.2) is 0 Å². The summed E-state index contributed by atoms with van der Waals surface area (Å²) in [7, 11) is 0. The predicted octanol–water partition coefficient (Wildman–Crippen LogP) is 2.91. The van der Waals surface area contributed by atoms with E-state index in [0.717, 1.165) is 18.8 Å². The van der Waals surface area contributed by atoms with Crippen molar-refractivity contribution in [3.63, 3.8) is 0 Å². The molecule has 0 aromatic heterocycles. The monoisotopic (exact) mass is 326 g/mol. The molecule has 1 fully saturated rings. The van der Waals surface area contributed by atoms with Crippen molar-refractivity contribution in [3.05, 3.63) is 59.7 Å². The maximum atomic E-state index is 8.86. The third-order valence-corrected chi connectivity index (χ3v) is 4.50. The molecule has 2 N–H and O–H groups in total. The minimum Gasteiger partial charge on any atom is -0.491 e. The fourth-order valence-electron chi connectivity index (χ4n) is 3.18. The van der Waals surface area contributed by atoms with E-state index < -0.39 is 0 Å². The van der Waals surface area contributed by atoms with Gasteiger partial charge >= 0.3 is 0 Å². The molecule has 0 radical (unpaired) electrons. The van der Waals surface area contributed by atoms with E-state index in [1.54, 1.807) is 0 Å². The zero-order chi connectivity index (χ0) is 16.9. The van der Waals surface area contributed by atoms with Crippen LogP contribution in [0.4, 0.5) is 5.69 Å². The Labute approximate surface area is 144 Å². The first kappa shape index (κ1) is 16.8. The molecule has 128 valence electrons. The molecule has 2 atom stereocenters. The van der Waals surface area contributed by atoms with Crippen molar-refractivity contribution in [1.82, 2.24) is 5.32 Å². The SMILES string of the molecule is Cc1ccc([C@@H]2CN[C@H](C)CN2c2ccc(OCCO)cc2)cc1. The number of ether oxygens (including phenoxy) is 1. The number of aliphatic hydroxyl groups excluding tert-OH is 1. The van der Waals surface area contributed by atoms with Crippen LogP contribution in [-0.2, 0) is 0 Å². The number of benzene rings is 2. The molecule has 0 saturated carbocycles. The van der Waals surface area contributed by atoms with E-state index in [4.69, 9.17) is 9.84 Å². The Morgan fingerprint density at radius 1 is 1.12 bits per heavy atom. The van der Waals surface area contributed by atoms with Crippen LogP contribution in [0.3, 0.4) is 0 Å². The number of hydrogen-bond donors (Lipinski definition) is 2. The fourth-order valence-corrected chi connectivity index (χ4v) is 3.18. The summed E-state index contributed by atoms with van der Waals surface area (Å²) in [6.45, 7) is 6.61. The van der Waals surface area contributed by atoms with Gasteiger partial charge in [-0.1, -0.05) is 29.8 Å². The van der Waals surface area contributed by atoms with E-state index in [1.165, 1.54) is 16.8 Å². The number of rotatable bonds is 5. The maximum Gasteiger partial charge on any atom is 0.119 e. The van der Waals surface area contributed by atoms with Crippen LogP contribution in [0.25, 0.3) is 0 Å². The molecule has 4 heteroatoms. The molecule has 0 unspecified atom stereocenters. The van der Waals surface area contributed by atoms with Gasteiger partial charge in [-0.05, 0) is 43.7 Å². The second kappa shape index (κ2) is 7.69. The summed E-state index contributed by atoms with van der Waals surface area (Å²) in [6.07, 6.45) is 0. The standard InChI is InChI=1S/C20H26N2O2/c1-15-3-5-17(6-4-15)20-13-21-16(2)14-22(20)18-7-9-19(10-8-18)24-12-11-23/h3-10,16,20-21,23H,11-14H2,1-2H3/t16-,20+/m1/s1. The topological polar surface area (TPSA) is 44.7 Å². The molecule has 4 nitrogen and oxygen atoms in total. The third kappa shape index (κ3) is 3.89. The molecular formula is C20H26N2O2. The Morgan fingerprint density at radius 3 is 2.50 bits per heavy atom. The number of nitrogens with zero attached hydrogens (tertiary/aromatic N) is 1. The Kier molecular flexibility index (Phi) is 5.38. The van der Waals surface area contributed by atoms with Crippen LogP contribution in [0, 0.1) is 6.92 Å². The van der Waals surface area contributed by atoms with E-state index >= 15 is 0 Å². The van der Waals surface area contributed by atoms with Gasteiger partial charge in [0.05, 0.1) is 12.6 Å². The molecule has 24 heavy (non-hydrogen) atoms. The summed E-state index contributed by atoms with van der Waals surface area (Å²) < 4.78 is 5.46. The lowest BCUT2D eigenvalue weighted by atomic mass is 9.99. The van der Waals surface area contributed by atoms with Gasteiger partial charge in [0.25, 0.3) is 0 Å². The first-order valence-corrected chi connectivity index (χ1v) is 8.57. The molecule has 0 amide bonds. The van der Waals surface area contributed by atoms with Crippen LogP contribution < -0.4 is 15.0 Å². The van der Waals surface area contributed by atoms with Gasteiger partial charge in [-0.25, -0.2) is 0 Å². The Bertz CT molecular complexity index is 640. The molecule has 1 aliphatic heterocycles. The number of aryl methyl sites for hydroxylation is 1. The van der Waals surface area contributed by atoms with E-state index in [2.05, 4.69) is 60.5 Å². The minimum absolute atomic E-state index is 0.0343. The normalized spacial score (nSPS) is 20.9. The van der Waals surface area contributed by atoms with Crippen molar-refractivity contribution in [2.45, 2.75) is 25.9 Å². The lowest BCUT2D eigenvalue weighted by Gasteiger charge is -2.41. The Balaban J connectivity index is 1.82. The van der Waals surface area contributed by atoms with E-state index in [-0.39, 0.29) is 6.61 Å². The van der Waals surface area contributed by atoms with E-state index in [9.17, 15) is 0 Å². The summed E-state index contributed by atoms with van der Waals surface area (Å²) in [5.74, 6) is 0.794. The lowest BCUT2D eigenvalue weighted by Crippen LogP contribution is -2.51. The molecular weight excluding hydrogens is 300 g/mol. The number of anilines is 1. The van der Waals surface area contributed by atoms with E-state index in [0.29, 0.717) is 18.7 Å². The molecule has 2 aromatic rings. The van der Waals surface area contributed by atoms with Gasteiger partial charge in [-0.3, -0.25) is 0 Å². The molecule has 0 bridgehead atoms. The number of aliphatic hydroxyl groups is 1. The average molecular weight is 326 g/mol. The van der Waals surface area contributed by atoms with Gasteiger partial charge in [0, 0.05) is 24.8 Å². The predicted molar refractivity (Wildman–Crippen MR) is 97.8 cm³/mol. The lowest BCUT2D eigenvalue weighted by molar-refractivity contribution is 0.201. The smallest absolute Gasteiger partial charge is 0.119 e. The number of hydrogen-bond acceptors (Lipinski definition) is 4. The summed E-state index contributed by atoms with van der Waals surface area (Å²) in [5, 5.41) is 12.4. The van der Waals surface area contributed by atoms with Crippen LogP contribution in [0.2, 0.25) is 0 Å². The largest absolute Gasteiger partial charge is 0.491 e. The van der Waals surface area contributed by atoms with Gasteiger partial charge in [-0.2, -0.15) is 0 Å². The summed E-state index contributed by atoms with van der Waals surface area (Å²) in [4.78, 5) is 2.46. The fraction of sp³-hybridized carbons (Fsp3) is 0.400. The highest BCUT2D eigenvalue weighted by Crippen LogP contribution is 2.31. The van der Waals surface area contributed by atoms with Crippen molar-refractivity contribution in [1.29, 1.82) is 0 Å². The van der Waals surface area contributed by atoms with Crippen molar-refractivity contribution in [2.75, 3.05) is 31.2 Å². The highest BCUT2D eigenvalue weighted by atomic mass is 16.5. The minimum atomic E-state index is 0.0343. The summed E-state index contributed by atoms with van der Waals surface area (Å²) >= 11 is 0. The number of nitrogens with one attached hydrogen (secondary N) is 1. The first-order chi connectivity index (χ1) is 11.7. The summed E-state index contributed by atoms with van der Waals surface area (Å²) in [5.41, 5.74) is 3.82. The van der Waals surface area contributed by atoms with E-state index in [1.807, 2.05) is 12.1 Å². The van der Waals surface area contributed by atoms with Gasteiger partial charge in [0.1, 0.15) is 12.4 Å². The second-order valence-corrected chi connectivity index (χ2v) is 6.45. The van der Waals surface area contributed by atoms with Crippen LogP contribution in [0.1, 0.15) is 24.1 Å². The second-order valence-electron chi connectivity index (χ2n) is 6.45. The highest BCUT2D eigenvalue weighted by molar-refractivity contribution is 5.52. The molecule has 1 heterocycles. The maximum absolute atomic E-state index is 8.86. The Hall–Kier alpha value is -2.04. The van der Waals surface area contributed by atoms with Crippen molar-refractivity contribution in [2.24, 2.45) is 0 Å². The first-order valence-electron chi connectivity index (χ1n) is 8.57. The van der Waals surface area contributed by atoms with Crippen molar-refractivity contribution >= 4 is 5.69 Å². The molecule has 1 saturated heterocycles.